The minimum Gasteiger partial charge on any atom is -0.497 e. The number of benzene rings is 2. The molecule has 0 aliphatic rings. The highest BCUT2D eigenvalue weighted by molar-refractivity contribution is 5.79. The monoisotopic (exact) mass is 477 g/mol. The van der Waals surface area contributed by atoms with Gasteiger partial charge in [-0.3, -0.25) is 9.59 Å². The summed E-state index contributed by atoms with van der Waals surface area (Å²) in [6.45, 7) is 5.45. The van der Waals surface area contributed by atoms with Crippen LogP contribution in [0.4, 0.5) is 0 Å². The van der Waals surface area contributed by atoms with E-state index in [0.717, 1.165) is 32.7 Å². The maximum Gasteiger partial charge on any atom is 0.327 e. The van der Waals surface area contributed by atoms with Gasteiger partial charge in [0.05, 0.1) is 19.3 Å². The Morgan fingerprint density at radius 1 is 1.09 bits per heavy atom. The molecule has 0 bridgehead atoms. The van der Waals surface area contributed by atoms with Crippen LogP contribution in [0.1, 0.15) is 29.4 Å². The highest BCUT2D eigenvalue weighted by Gasteiger charge is 2.20. The number of nitrogens with zero attached hydrogens (tertiary/aromatic N) is 4. The van der Waals surface area contributed by atoms with Gasteiger partial charge < -0.3 is 19.4 Å². The lowest BCUT2D eigenvalue weighted by atomic mass is 10.1. The van der Waals surface area contributed by atoms with E-state index in [9.17, 15) is 9.59 Å². The average Bonchev–Trinajstić information content (AvgIpc) is 3.26. The molecular weight excluding hydrogens is 448 g/mol. The Bertz CT molecular complexity index is 1360. The number of aryl methyl sites for hydroxylation is 1. The average molecular weight is 478 g/mol. The van der Waals surface area contributed by atoms with Crippen LogP contribution < -0.4 is 15.2 Å². The van der Waals surface area contributed by atoms with Gasteiger partial charge in [-0.2, -0.15) is 0 Å². The predicted molar refractivity (Wildman–Crippen MR) is 129 cm³/mol. The number of aromatic amines is 1. The molecule has 0 amide bonds. The van der Waals surface area contributed by atoms with Crippen LogP contribution >= 0.6 is 0 Å². The van der Waals surface area contributed by atoms with E-state index in [1.165, 1.54) is 4.68 Å². The Hall–Kier alpha value is -4.05. The van der Waals surface area contributed by atoms with E-state index < -0.39 is 5.97 Å². The zero-order valence-electron chi connectivity index (χ0n) is 20.1. The molecule has 35 heavy (non-hydrogen) atoms. The quantitative estimate of drug-likeness (QED) is 0.330. The van der Waals surface area contributed by atoms with Gasteiger partial charge in [0.25, 0.3) is 5.56 Å². The second-order valence-corrected chi connectivity index (χ2v) is 8.40. The Kier molecular flexibility index (Phi) is 7.51. The molecule has 10 heteroatoms. The zero-order chi connectivity index (χ0) is 24.8. The topological polar surface area (TPSA) is 116 Å². The first-order chi connectivity index (χ1) is 16.9. The number of fused-ring (bicyclic) bond motifs is 1. The molecule has 4 aromatic rings. The van der Waals surface area contributed by atoms with Crippen LogP contribution in [0.25, 0.3) is 10.9 Å². The molecule has 1 atom stereocenters. The number of tetrazole rings is 1. The smallest absolute Gasteiger partial charge is 0.327 e. The predicted octanol–water partition coefficient (Wildman–Crippen LogP) is 1.18. The number of esters is 1. The largest absolute Gasteiger partial charge is 0.497 e. The molecule has 2 aromatic carbocycles. The zero-order valence-corrected chi connectivity index (χ0v) is 20.1. The van der Waals surface area contributed by atoms with Crippen LogP contribution in [0.15, 0.2) is 53.3 Å². The van der Waals surface area contributed by atoms with Crippen molar-refractivity contribution >= 4 is 16.9 Å². The molecular formula is C25H29N6O4+. The molecule has 182 valence electrons. The van der Waals surface area contributed by atoms with Crippen LogP contribution in [-0.4, -0.2) is 44.9 Å². The lowest BCUT2D eigenvalue weighted by Crippen LogP contribution is -3.08. The van der Waals surface area contributed by atoms with Crippen molar-refractivity contribution in [2.75, 3.05) is 13.7 Å². The summed E-state index contributed by atoms with van der Waals surface area (Å²) in [5, 5.41) is 12.8. The van der Waals surface area contributed by atoms with Crippen molar-refractivity contribution in [2.45, 2.75) is 40.0 Å². The number of methoxy groups -OCH3 is 1. The summed E-state index contributed by atoms with van der Waals surface area (Å²) < 4.78 is 11.7. The number of ether oxygens (including phenoxy) is 2. The van der Waals surface area contributed by atoms with E-state index in [1.807, 2.05) is 49.4 Å². The SMILES string of the molecule is CCOC(=O)Cn1nnnc1C[NH+](Cc1ccc(OC)cc1)Cc1cc2cc(C)ccc2[nH]c1=O. The van der Waals surface area contributed by atoms with Gasteiger partial charge in [-0.05, 0) is 72.1 Å². The number of quaternary nitrogens is 1. The Labute approximate surface area is 202 Å². The van der Waals surface area contributed by atoms with Gasteiger partial charge >= 0.3 is 5.97 Å². The van der Waals surface area contributed by atoms with Crippen molar-refractivity contribution < 1.29 is 19.2 Å². The molecule has 0 radical (unpaired) electrons. The summed E-state index contributed by atoms with van der Waals surface area (Å²) in [5.41, 5.74) is 3.53. The number of nitrogens with one attached hydrogen (secondary N) is 2. The lowest BCUT2D eigenvalue weighted by Gasteiger charge is -2.19. The number of rotatable bonds is 10. The van der Waals surface area contributed by atoms with Crippen LogP contribution in [-0.2, 0) is 35.7 Å². The summed E-state index contributed by atoms with van der Waals surface area (Å²) in [4.78, 5) is 28.9. The van der Waals surface area contributed by atoms with Gasteiger partial charge in [0.1, 0.15) is 31.9 Å². The Balaban J connectivity index is 1.62. The van der Waals surface area contributed by atoms with E-state index in [0.29, 0.717) is 31.0 Å². The molecule has 2 aromatic heterocycles. The van der Waals surface area contributed by atoms with Crippen molar-refractivity contribution in [1.82, 2.24) is 25.2 Å². The van der Waals surface area contributed by atoms with Gasteiger partial charge in [0, 0.05) is 11.1 Å². The fraction of sp³-hybridized carbons (Fsp3) is 0.320. The lowest BCUT2D eigenvalue weighted by molar-refractivity contribution is -0.941. The van der Waals surface area contributed by atoms with E-state index in [2.05, 4.69) is 26.6 Å². The summed E-state index contributed by atoms with van der Waals surface area (Å²) in [5.74, 6) is 0.906. The van der Waals surface area contributed by atoms with Crippen LogP contribution in [0, 0.1) is 6.92 Å². The van der Waals surface area contributed by atoms with Gasteiger partial charge in [-0.1, -0.05) is 11.6 Å². The molecule has 0 spiro atoms. The van der Waals surface area contributed by atoms with E-state index >= 15 is 0 Å². The van der Waals surface area contributed by atoms with Gasteiger partial charge in [-0.25, -0.2) is 4.68 Å². The van der Waals surface area contributed by atoms with E-state index in [-0.39, 0.29) is 18.7 Å². The van der Waals surface area contributed by atoms with Crippen molar-refractivity contribution in [3.63, 3.8) is 0 Å². The Morgan fingerprint density at radius 3 is 2.63 bits per heavy atom. The molecule has 2 N–H and O–H groups in total. The third-order valence-electron chi connectivity index (χ3n) is 5.73. The maximum atomic E-state index is 12.9. The number of hydrogen-bond acceptors (Lipinski definition) is 7. The molecule has 10 nitrogen and oxygen atoms in total. The normalized spacial score (nSPS) is 12.0. The minimum absolute atomic E-state index is 0.0676. The van der Waals surface area contributed by atoms with E-state index in [1.54, 1.807) is 14.0 Å². The van der Waals surface area contributed by atoms with Crippen LogP contribution in [0.5, 0.6) is 5.75 Å². The fourth-order valence-electron chi connectivity index (χ4n) is 4.02. The highest BCUT2D eigenvalue weighted by Crippen LogP contribution is 2.13. The van der Waals surface area contributed by atoms with Crippen LogP contribution in [0.3, 0.4) is 0 Å². The van der Waals surface area contributed by atoms with Crippen LogP contribution in [0.2, 0.25) is 0 Å². The maximum absolute atomic E-state index is 12.9. The first-order valence-corrected chi connectivity index (χ1v) is 11.4. The van der Waals surface area contributed by atoms with Gasteiger partial charge in [0.2, 0.25) is 5.82 Å². The molecule has 2 heterocycles. The molecule has 0 fully saturated rings. The number of aromatic nitrogens is 5. The van der Waals surface area contributed by atoms with Gasteiger partial charge in [0.15, 0.2) is 0 Å². The van der Waals surface area contributed by atoms with Crippen molar-refractivity contribution in [3.8, 4) is 5.75 Å². The summed E-state index contributed by atoms with van der Waals surface area (Å²) in [6, 6.07) is 15.7. The van der Waals surface area contributed by atoms with E-state index in [4.69, 9.17) is 9.47 Å². The standard InChI is InChI=1S/C25H28N6O4/c1-4-35-24(32)16-31-23(27-28-29-31)15-30(13-18-6-8-21(34-3)9-7-18)14-20-12-19-11-17(2)5-10-22(19)26-25(20)33/h5-12H,4,13-16H2,1-3H3,(H,26,33)/p+1. The molecule has 4 rings (SSSR count). The summed E-state index contributed by atoms with van der Waals surface area (Å²) in [6.07, 6.45) is 0. The van der Waals surface area contributed by atoms with Gasteiger partial charge in [-0.15, -0.1) is 5.10 Å². The minimum atomic E-state index is -0.404. The second-order valence-electron chi connectivity index (χ2n) is 8.40. The first kappa shape index (κ1) is 24.1. The second kappa shape index (κ2) is 10.9. The summed E-state index contributed by atoms with van der Waals surface area (Å²) >= 11 is 0. The molecule has 0 saturated heterocycles. The third-order valence-corrected chi connectivity index (χ3v) is 5.73. The number of pyridine rings is 1. The highest BCUT2D eigenvalue weighted by atomic mass is 16.5. The number of H-pyrrole nitrogens is 1. The molecule has 1 unspecified atom stereocenters. The number of carbonyl (C=O) groups is 1. The molecule has 0 aliphatic heterocycles. The summed E-state index contributed by atoms with van der Waals surface area (Å²) in [7, 11) is 1.63. The number of hydrogen-bond donors (Lipinski definition) is 2. The molecule has 0 aliphatic carbocycles. The number of carbonyl (C=O) groups excluding carboxylic acids is 1. The fourth-order valence-corrected chi connectivity index (χ4v) is 4.02. The molecule has 0 saturated carbocycles. The third kappa shape index (κ3) is 6.10. The Morgan fingerprint density at radius 2 is 1.89 bits per heavy atom. The first-order valence-electron chi connectivity index (χ1n) is 11.4. The van der Waals surface area contributed by atoms with Crippen molar-refractivity contribution in [2.24, 2.45) is 0 Å². The van der Waals surface area contributed by atoms with Crippen molar-refractivity contribution in [3.05, 3.63) is 81.4 Å². The van der Waals surface area contributed by atoms with Crippen molar-refractivity contribution in [1.29, 1.82) is 0 Å².